The average Bonchev–Trinajstić information content (AvgIpc) is 2.69. The van der Waals surface area contributed by atoms with Crippen molar-refractivity contribution in [3.63, 3.8) is 0 Å². The lowest BCUT2D eigenvalue weighted by Crippen LogP contribution is -3.15. The van der Waals surface area contributed by atoms with E-state index in [4.69, 9.17) is 9.47 Å². The van der Waals surface area contributed by atoms with Crippen LogP contribution in [0.15, 0.2) is 42.5 Å². The number of ether oxygens (including phenoxy) is 2. The maximum atomic E-state index is 12.5. The van der Waals surface area contributed by atoms with Gasteiger partial charge in [-0.2, -0.15) is 0 Å². The van der Waals surface area contributed by atoms with Crippen molar-refractivity contribution < 1.29 is 19.2 Å². The molecule has 0 spiro atoms. The Morgan fingerprint density at radius 1 is 1.11 bits per heavy atom. The lowest BCUT2D eigenvalue weighted by atomic mass is 10.2. The first-order valence-corrected chi connectivity index (χ1v) is 9.26. The number of nitrogens with one attached hydrogen (secondary N) is 2. The Morgan fingerprint density at radius 2 is 1.89 bits per heavy atom. The summed E-state index contributed by atoms with van der Waals surface area (Å²) in [6.45, 7) is 6.15. The minimum absolute atomic E-state index is 0.0173. The number of quaternary nitrogens is 1. The number of rotatable bonds is 6. The van der Waals surface area contributed by atoms with Gasteiger partial charge in [0.05, 0.1) is 46.1 Å². The molecule has 2 N–H and O–H groups in total. The molecule has 0 aliphatic carbocycles. The molecular formula is C21H28N3O3+. The minimum atomic E-state index is 0.0173. The van der Waals surface area contributed by atoms with Crippen molar-refractivity contribution in [3.8, 4) is 11.5 Å². The molecule has 6 nitrogen and oxygen atoms in total. The van der Waals surface area contributed by atoms with Gasteiger partial charge < -0.3 is 24.6 Å². The second-order valence-electron chi connectivity index (χ2n) is 6.87. The van der Waals surface area contributed by atoms with Crippen LogP contribution in [0.3, 0.4) is 0 Å². The Hall–Kier alpha value is -2.73. The highest BCUT2D eigenvalue weighted by atomic mass is 16.5. The molecule has 1 aliphatic rings. The number of anilines is 2. The Kier molecular flexibility index (Phi) is 6.19. The van der Waals surface area contributed by atoms with Crippen molar-refractivity contribution in [2.75, 3.05) is 57.2 Å². The zero-order chi connectivity index (χ0) is 19.2. The zero-order valence-electron chi connectivity index (χ0n) is 16.2. The third kappa shape index (κ3) is 4.92. The van der Waals surface area contributed by atoms with Crippen LogP contribution in [-0.2, 0) is 4.79 Å². The summed E-state index contributed by atoms with van der Waals surface area (Å²) in [6, 6.07) is 13.9. The minimum Gasteiger partial charge on any atom is -0.497 e. The topological polar surface area (TPSA) is 55.2 Å². The van der Waals surface area contributed by atoms with Gasteiger partial charge in [-0.05, 0) is 36.8 Å². The second kappa shape index (κ2) is 8.77. The summed E-state index contributed by atoms with van der Waals surface area (Å²) in [5, 5.41) is 2.99. The zero-order valence-corrected chi connectivity index (χ0v) is 16.2. The molecule has 1 aliphatic heterocycles. The van der Waals surface area contributed by atoms with Gasteiger partial charge in [0.1, 0.15) is 11.5 Å². The Balaban J connectivity index is 1.53. The third-order valence-corrected chi connectivity index (χ3v) is 4.93. The van der Waals surface area contributed by atoms with Crippen LogP contribution in [0.2, 0.25) is 0 Å². The van der Waals surface area contributed by atoms with Crippen LogP contribution in [0, 0.1) is 6.92 Å². The van der Waals surface area contributed by atoms with E-state index in [0.717, 1.165) is 43.2 Å². The fourth-order valence-electron chi connectivity index (χ4n) is 3.41. The number of methoxy groups -OCH3 is 2. The molecule has 0 unspecified atom stereocenters. The second-order valence-corrected chi connectivity index (χ2v) is 6.87. The van der Waals surface area contributed by atoms with E-state index in [-0.39, 0.29) is 5.91 Å². The molecule has 0 atom stereocenters. The molecular weight excluding hydrogens is 342 g/mol. The first-order chi connectivity index (χ1) is 13.1. The van der Waals surface area contributed by atoms with Gasteiger partial charge in [0, 0.05) is 11.8 Å². The van der Waals surface area contributed by atoms with Crippen LogP contribution in [0.5, 0.6) is 11.5 Å². The van der Waals surface area contributed by atoms with Crippen molar-refractivity contribution in [3.05, 3.63) is 48.0 Å². The summed E-state index contributed by atoms with van der Waals surface area (Å²) in [7, 11) is 3.30. The van der Waals surface area contributed by atoms with Gasteiger partial charge in [-0.15, -0.1) is 0 Å². The number of piperazine rings is 1. The molecule has 0 bridgehead atoms. The van der Waals surface area contributed by atoms with E-state index in [1.807, 2.05) is 37.3 Å². The summed E-state index contributed by atoms with van der Waals surface area (Å²) in [6.07, 6.45) is 0. The first-order valence-electron chi connectivity index (χ1n) is 9.26. The molecule has 1 saturated heterocycles. The Labute approximate surface area is 160 Å². The van der Waals surface area contributed by atoms with Crippen molar-refractivity contribution in [1.29, 1.82) is 0 Å². The molecule has 144 valence electrons. The summed E-state index contributed by atoms with van der Waals surface area (Å²) < 4.78 is 10.6. The molecule has 0 saturated carbocycles. The highest BCUT2D eigenvalue weighted by molar-refractivity contribution is 5.93. The van der Waals surface area contributed by atoms with E-state index in [1.54, 1.807) is 14.2 Å². The maximum absolute atomic E-state index is 12.5. The van der Waals surface area contributed by atoms with E-state index >= 15 is 0 Å². The predicted octanol–water partition coefficient (Wildman–Crippen LogP) is 1.36. The van der Waals surface area contributed by atoms with Crippen LogP contribution in [-0.4, -0.2) is 52.9 Å². The first kappa shape index (κ1) is 19.0. The van der Waals surface area contributed by atoms with Gasteiger partial charge in [0.15, 0.2) is 6.54 Å². The molecule has 0 aromatic heterocycles. The third-order valence-electron chi connectivity index (χ3n) is 4.93. The number of amides is 1. The van der Waals surface area contributed by atoms with E-state index < -0.39 is 0 Å². The monoisotopic (exact) mass is 370 g/mol. The summed E-state index contributed by atoms with van der Waals surface area (Å²) >= 11 is 0. The number of carbonyl (C=O) groups is 1. The van der Waals surface area contributed by atoms with Crippen LogP contribution in [0.1, 0.15) is 5.56 Å². The number of aryl methyl sites for hydroxylation is 1. The number of hydrogen-bond donors (Lipinski definition) is 2. The molecule has 2 aromatic carbocycles. The molecule has 1 fully saturated rings. The quantitative estimate of drug-likeness (QED) is 0.806. The number of nitrogens with zero attached hydrogens (tertiary/aromatic N) is 1. The molecule has 27 heavy (non-hydrogen) atoms. The summed E-state index contributed by atoms with van der Waals surface area (Å²) in [5.74, 6) is 1.57. The number of benzene rings is 2. The Morgan fingerprint density at radius 3 is 2.59 bits per heavy atom. The highest BCUT2D eigenvalue weighted by Gasteiger charge is 2.23. The van der Waals surface area contributed by atoms with Crippen molar-refractivity contribution >= 4 is 17.3 Å². The average molecular weight is 370 g/mol. The highest BCUT2D eigenvalue weighted by Crippen LogP contribution is 2.25. The lowest BCUT2D eigenvalue weighted by Gasteiger charge is -2.33. The molecule has 6 heteroatoms. The van der Waals surface area contributed by atoms with Crippen molar-refractivity contribution in [2.45, 2.75) is 6.92 Å². The van der Waals surface area contributed by atoms with E-state index in [9.17, 15) is 4.79 Å². The smallest absolute Gasteiger partial charge is 0.279 e. The van der Waals surface area contributed by atoms with Crippen LogP contribution < -0.4 is 24.6 Å². The SMILES string of the molecule is COc1cccc(N2CC[NH+](CC(=O)Nc3cc(C)ccc3OC)CC2)c1. The Bertz CT molecular complexity index is 786. The summed E-state index contributed by atoms with van der Waals surface area (Å²) in [4.78, 5) is 16.1. The van der Waals surface area contributed by atoms with Gasteiger partial charge in [-0.1, -0.05) is 12.1 Å². The van der Waals surface area contributed by atoms with Crippen LogP contribution in [0.4, 0.5) is 11.4 Å². The van der Waals surface area contributed by atoms with E-state index in [2.05, 4.69) is 22.3 Å². The fourth-order valence-corrected chi connectivity index (χ4v) is 3.41. The van der Waals surface area contributed by atoms with Crippen LogP contribution in [0.25, 0.3) is 0 Å². The molecule has 0 radical (unpaired) electrons. The van der Waals surface area contributed by atoms with E-state index in [0.29, 0.717) is 12.3 Å². The fraction of sp³-hybridized carbons (Fsp3) is 0.381. The summed E-state index contributed by atoms with van der Waals surface area (Å²) in [5.41, 5.74) is 2.99. The standard InChI is InChI=1S/C21H27N3O3/c1-16-7-8-20(27-3)19(13-16)22-21(25)15-23-9-11-24(12-10-23)17-5-4-6-18(14-17)26-2/h4-8,13-14H,9-12,15H2,1-3H3,(H,22,25)/p+1. The normalized spacial score (nSPS) is 14.7. The molecule has 2 aromatic rings. The van der Waals surface area contributed by atoms with Gasteiger partial charge in [0.2, 0.25) is 0 Å². The predicted molar refractivity (Wildman–Crippen MR) is 107 cm³/mol. The van der Waals surface area contributed by atoms with Gasteiger partial charge >= 0.3 is 0 Å². The maximum Gasteiger partial charge on any atom is 0.279 e. The van der Waals surface area contributed by atoms with Crippen molar-refractivity contribution in [2.24, 2.45) is 0 Å². The van der Waals surface area contributed by atoms with E-state index in [1.165, 1.54) is 10.6 Å². The largest absolute Gasteiger partial charge is 0.497 e. The molecule has 1 heterocycles. The van der Waals surface area contributed by atoms with Gasteiger partial charge in [-0.25, -0.2) is 0 Å². The number of carbonyl (C=O) groups excluding carboxylic acids is 1. The van der Waals surface area contributed by atoms with Crippen molar-refractivity contribution in [1.82, 2.24) is 0 Å². The number of hydrogen-bond acceptors (Lipinski definition) is 4. The van der Waals surface area contributed by atoms with Gasteiger partial charge in [0.25, 0.3) is 5.91 Å². The lowest BCUT2D eigenvalue weighted by molar-refractivity contribution is -0.892. The van der Waals surface area contributed by atoms with Crippen LogP contribution >= 0.6 is 0 Å². The van der Waals surface area contributed by atoms with Gasteiger partial charge in [-0.3, -0.25) is 4.79 Å². The molecule has 1 amide bonds. The molecule has 3 rings (SSSR count).